The van der Waals surface area contributed by atoms with E-state index < -0.39 is 0 Å². The van der Waals surface area contributed by atoms with Crippen LogP contribution in [0.3, 0.4) is 0 Å². The molecule has 1 aromatic rings. The molecule has 0 saturated carbocycles. The minimum Gasteiger partial charge on any atom is -0.490 e. The van der Waals surface area contributed by atoms with E-state index in [-0.39, 0.29) is 18.1 Å². The SMILES string of the molecule is CCC(C)Oc1cc(C)ccc1CNC(=NC)NCCC(=O)NC(C)C. The van der Waals surface area contributed by atoms with E-state index in [4.69, 9.17) is 4.74 Å². The average molecular weight is 363 g/mol. The van der Waals surface area contributed by atoms with E-state index in [1.807, 2.05) is 13.8 Å². The van der Waals surface area contributed by atoms with Crippen LogP contribution in [0.15, 0.2) is 23.2 Å². The van der Waals surface area contributed by atoms with Crippen LogP contribution >= 0.6 is 0 Å². The van der Waals surface area contributed by atoms with Crippen molar-refractivity contribution in [3.63, 3.8) is 0 Å². The molecule has 0 bridgehead atoms. The van der Waals surface area contributed by atoms with Crippen molar-refractivity contribution in [2.24, 2.45) is 4.99 Å². The van der Waals surface area contributed by atoms with Crippen LogP contribution in [0.25, 0.3) is 0 Å². The van der Waals surface area contributed by atoms with Crippen LogP contribution in [0.2, 0.25) is 0 Å². The van der Waals surface area contributed by atoms with Gasteiger partial charge < -0.3 is 20.7 Å². The minimum atomic E-state index is 0.0331. The number of ether oxygens (including phenoxy) is 1. The van der Waals surface area contributed by atoms with E-state index in [2.05, 4.69) is 59.9 Å². The molecule has 1 unspecified atom stereocenters. The molecule has 6 nitrogen and oxygen atoms in total. The molecule has 0 spiro atoms. The average Bonchev–Trinajstić information content (AvgIpc) is 2.58. The summed E-state index contributed by atoms with van der Waals surface area (Å²) in [6.07, 6.45) is 1.54. The lowest BCUT2D eigenvalue weighted by molar-refractivity contribution is -0.121. The van der Waals surface area contributed by atoms with Crippen molar-refractivity contribution in [3.8, 4) is 5.75 Å². The van der Waals surface area contributed by atoms with Gasteiger partial charge in [-0.3, -0.25) is 9.79 Å². The number of hydrogen-bond acceptors (Lipinski definition) is 3. The van der Waals surface area contributed by atoms with Crippen LogP contribution in [-0.4, -0.2) is 37.6 Å². The van der Waals surface area contributed by atoms with Crippen molar-refractivity contribution >= 4 is 11.9 Å². The minimum absolute atomic E-state index is 0.0331. The fourth-order valence-corrected chi connectivity index (χ4v) is 2.31. The fourth-order valence-electron chi connectivity index (χ4n) is 2.31. The number of amides is 1. The summed E-state index contributed by atoms with van der Waals surface area (Å²) < 4.78 is 6.04. The first-order valence-corrected chi connectivity index (χ1v) is 9.35. The highest BCUT2D eigenvalue weighted by atomic mass is 16.5. The summed E-state index contributed by atoms with van der Waals surface area (Å²) in [4.78, 5) is 15.9. The molecular weight excluding hydrogens is 328 g/mol. The first-order chi connectivity index (χ1) is 12.3. The molecule has 0 heterocycles. The topological polar surface area (TPSA) is 74.8 Å². The third-order valence-corrected chi connectivity index (χ3v) is 3.89. The van der Waals surface area contributed by atoms with Gasteiger partial charge in [-0.15, -0.1) is 0 Å². The highest BCUT2D eigenvalue weighted by Crippen LogP contribution is 2.22. The lowest BCUT2D eigenvalue weighted by Gasteiger charge is -2.18. The van der Waals surface area contributed by atoms with Crippen LogP contribution in [0.1, 0.15) is 51.7 Å². The largest absolute Gasteiger partial charge is 0.490 e. The smallest absolute Gasteiger partial charge is 0.221 e. The number of hydrogen-bond donors (Lipinski definition) is 3. The van der Waals surface area contributed by atoms with Crippen molar-refractivity contribution in [1.82, 2.24) is 16.0 Å². The summed E-state index contributed by atoms with van der Waals surface area (Å²) in [5.41, 5.74) is 2.25. The maximum Gasteiger partial charge on any atom is 0.221 e. The Morgan fingerprint density at radius 2 is 1.96 bits per heavy atom. The van der Waals surface area contributed by atoms with Gasteiger partial charge in [-0.25, -0.2) is 0 Å². The van der Waals surface area contributed by atoms with Crippen molar-refractivity contribution < 1.29 is 9.53 Å². The molecular formula is C20H34N4O2. The number of aliphatic imine (C=N–C) groups is 1. The Bertz CT molecular complexity index is 599. The predicted octanol–water partition coefficient (Wildman–Crippen LogP) is 2.75. The maximum atomic E-state index is 11.7. The molecule has 0 radical (unpaired) electrons. The van der Waals surface area contributed by atoms with Crippen LogP contribution in [-0.2, 0) is 11.3 Å². The molecule has 6 heteroatoms. The summed E-state index contributed by atoms with van der Waals surface area (Å²) in [7, 11) is 1.72. The molecule has 1 atom stereocenters. The van der Waals surface area contributed by atoms with E-state index in [0.29, 0.717) is 25.5 Å². The summed E-state index contributed by atoms with van der Waals surface area (Å²) in [5.74, 6) is 1.60. The lowest BCUT2D eigenvalue weighted by atomic mass is 10.1. The van der Waals surface area contributed by atoms with Gasteiger partial charge in [0, 0.05) is 38.2 Å². The zero-order chi connectivity index (χ0) is 19.5. The molecule has 0 aromatic heterocycles. The van der Waals surface area contributed by atoms with E-state index in [1.54, 1.807) is 7.05 Å². The van der Waals surface area contributed by atoms with Crippen LogP contribution in [0.5, 0.6) is 5.75 Å². The zero-order valence-corrected chi connectivity index (χ0v) is 17.0. The van der Waals surface area contributed by atoms with Crippen molar-refractivity contribution in [1.29, 1.82) is 0 Å². The molecule has 26 heavy (non-hydrogen) atoms. The Kier molecular flexibility index (Phi) is 9.55. The first kappa shape index (κ1) is 21.8. The molecule has 0 aliphatic carbocycles. The van der Waals surface area contributed by atoms with Crippen molar-refractivity contribution in [3.05, 3.63) is 29.3 Å². The summed E-state index contributed by atoms with van der Waals surface area (Å²) in [6.45, 7) is 11.3. The van der Waals surface area contributed by atoms with Gasteiger partial charge in [-0.2, -0.15) is 0 Å². The predicted molar refractivity (Wildman–Crippen MR) is 108 cm³/mol. The number of rotatable bonds is 9. The third kappa shape index (κ3) is 8.23. The number of aryl methyl sites for hydroxylation is 1. The second-order valence-corrected chi connectivity index (χ2v) is 6.77. The van der Waals surface area contributed by atoms with Gasteiger partial charge in [-0.05, 0) is 45.7 Å². The number of carbonyl (C=O) groups is 1. The second kappa shape index (κ2) is 11.4. The standard InChI is InChI=1S/C20H34N4O2/c1-7-16(5)26-18-12-15(4)8-9-17(18)13-23-20(21-6)22-11-10-19(25)24-14(2)3/h8-9,12,14,16H,7,10-11,13H2,1-6H3,(H,24,25)(H2,21,22,23). The monoisotopic (exact) mass is 362 g/mol. The van der Waals surface area contributed by atoms with Gasteiger partial charge in [0.25, 0.3) is 0 Å². The number of guanidine groups is 1. The molecule has 0 fully saturated rings. The van der Waals surface area contributed by atoms with Gasteiger partial charge in [0.1, 0.15) is 5.75 Å². The Balaban J connectivity index is 2.56. The molecule has 0 saturated heterocycles. The molecule has 0 aliphatic heterocycles. The van der Waals surface area contributed by atoms with Gasteiger partial charge >= 0.3 is 0 Å². The Hall–Kier alpha value is -2.24. The molecule has 146 valence electrons. The quantitative estimate of drug-likeness (QED) is 0.466. The van der Waals surface area contributed by atoms with Crippen molar-refractivity contribution in [2.45, 2.75) is 66.2 Å². The fraction of sp³-hybridized carbons (Fsp3) is 0.600. The highest BCUT2D eigenvalue weighted by Gasteiger charge is 2.09. The van der Waals surface area contributed by atoms with E-state index in [1.165, 1.54) is 5.56 Å². The van der Waals surface area contributed by atoms with E-state index in [0.717, 1.165) is 17.7 Å². The molecule has 1 aromatic carbocycles. The van der Waals surface area contributed by atoms with Crippen LogP contribution in [0, 0.1) is 6.92 Å². The van der Waals surface area contributed by atoms with Crippen LogP contribution < -0.4 is 20.7 Å². The summed E-state index contributed by atoms with van der Waals surface area (Å²) in [6, 6.07) is 6.37. The molecule has 3 N–H and O–H groups in total. The molecule has 0 aliphatic rings. The maximum absolute atomic E-state index is 11.7. The zero-order valence-electron chi connectivity index (χ0n) is 17.0. The normalized spacial score (nSPS) is 12.7. The van der Waals surface area contributed by atoms with Gasteiger partial charge in [0.2, 0.25) is 5.91 Å². The molecule has 1 amide bonds. The molecule has 1 rings (SSSR count). The van der Waals surface area contributed by atoms with Gasteiger partial charge in [0.15, 0.2) is 5.96 Å². The Labute approximate surface area is 157 Å². The number of nitrogens with zero attached hydrogens (tertiary/aromatic N) is 1. The lowest BCUT2D eigenvalue weighted by Crippen LogP contribution is -2.39. The summed E-state index contributed by atoms with van der Waals surface area (Å²) in [5, 5.41) is 9.32. The second-order valence-electron chi connectivity index (χ2n) is 6.77. The number of carbonyl (C=O) groups excluding carboxylic acids is 1. The van der Waals surface area contributed by atoms with Gasteiger partial charge in [-0.1, -0.05) is 19.1 Å². The van der Waals surface area contributed by atoms with Crippen molar-refractivity contribution in [2.75, 3.05) is 13.6 Å². The van der Waals surface area contributed by atoms with E-state index in [9.17, 15) is 4.79 Å². The Morgan fingerprint density at radius 1 is 1.23 bits per heavy atom. The highest BCUT2D eigenvalue weighted by molar-refractivity contribution is 5.81. The third-order valence-electron chi connectivity index (χ3n) is 3.89. The first-order valence-electron chi connectivity index (χ1n) is 9.35. The number of nitrogens with one attached hydrogen (secondary N) is 3. The number of benzene rings is 1. The van der Waals surface area contributed by atoms with Gasteiger partial charge in [0.05, 0.1) is 6.10 Å². The Morgan fingerprint density at radius 3 is 2.58 bits per heavy atom. The summed E-state index contributed by atoms with van der Waals surface area (Å²) >= 11 is 0. The van der Waals surface area contributed by atoms with E-state index >= 15 is 0 Å². The van der Waals surface area contributed by atoms with Crippen LogP contribution in [0.4, 0.5) is 0 Å².